The van der Waals surface area contributed by atoms with Crippen molar-refractivity contribution in [3.8, 4) is 0 Å². The summed E-state index contributed by atoms with van der Waals surface area (Å²) in [6.07, 6.45) is 0.926. The summed E-state index contributed by atoms with van der Waals surface area (Å²) in [5.74, 6) is 1.35. The predicted octanol–water partition coefficient (Wildman–Crippen LogP) is 3.93. The molecule has 0 aliphatic rings. The van der Waals surface area contributed by atoms with Crippen molar-refractivity contribution in [3.63, 3.8) is 0 Å². The summed E-state index contributed by atoms with van der Waals surface area (Å²) < 4.78 is 1.77. The quantitative estimate of drug-likeness (QED) is 0.699. The van der Waals surface area contributed by atoms with Gasteiger partial charge in [0.1, 0.15) is 0 Å². The first-order chi connectivity index (χ1) is 8.90. The number of rotatable bonds is 6. The van der Waals surface area contributed by atoms with Crippen LogP contribution in [0.4, 0.5) is 5.69 Å². The fraction of sp³-hybridized carbons (Fsp3) is 0.462. The second kappa shape index (κ2) is 8.29. The summed E-state index contributed by atoms with van der Waals surface area (Å²) in [6.45, 7) is 3.98. The largest absolute Gasteiger partial charge is 0.328 e. The monoisotopic (exact) mass is 408 g/mol. The van der Waals surface area contributed by atoms with Crippen molar-refractivity contribution in [1.29, 1.82) is 0 Å². The molecule has 1 atom stereocenters. The molecule has 0 saturated heterocycles. The number of anilines is 1. The van der Waals surface area contributed by atoms with Gasteiger partial charge in [-0.05, 0) is 75.6 Å². The van der Waals surface area contributed by atoms with Gasteiger partial charge in [-0.15, -0.1) is 0 Å². The molecule has 0 aliphatic heterocycles. The van der Waals surface area contributed by atoms with Crippen molar-refractivity contribution in [2.24, 2.45) is 5.73 Å². The molecule has 1 aromatic carbocycles. The summed E-state index contributed by atoms with van der Waals surface area (Å²) in [5, 5.41) is 2.91. The summed E-state index contributed by atoms with van der Waals surface area (Å²) in [5.41, 5.74) is 7.57. The maximum atomic E-state index is 11.8. The molecular formula is C13H18Br2N2OS. The smallest absolute Gasteiger partial charge is 0.234 e. The van der Waals surface area contributed by atoms with Crippen LogP contribution in [0.1, 0.15) is 18.9 Å². The molecule has 0 fully saturated rings. The van der Waals surface area contributed by atoms with Crippen molar-refractivity contribution in [2.45, 2.75) is 26.3 Å². The molecule has 0 spiro atoms. The van der Waals surface area contributed by atoms with Crippen LogP contribution in [0.3, 0.4) is 0 Å². The van der Waals surface area contributed by atoms with Gasteiger partial charge in [-0.3, -0.25) is 4.79 Å². The van der Waals surface area contributed by atoms with Gasteiger partial charge in [0.25, 0.3) is 0 Å². The number of carbonyl (C=O) groups excluding carboxylic acids is 1. The third-order valence-corrected chi connectivity index (χ3v) is 4.64. The highest BCUT2D eigenvalue weighted by molar-refractivity contribution is 9.11. The minimum atomic E-state index is -0.0000671. The Hall–Kier alpha value is -0.0400. The van der Waals surface area contributed by atoms with Gasteiger partial charge in [0.15, 0.2) is 0 Å². The molecule has 19 heavy (non-hydrogen) atoms. The molecule has 0 bridgehead atoms. The average Bonchev–Trinajstić information content (AvgIpc) is 2.29. The third-order valence-electron chi connectivity index (χ3n) is 2.40. The summed E-state index contributed by atoms with van der Waals surface area (Å²) >= 11 is 8.52. The first-order valence-electron chi connectivity index (χ1n) is 5.99. The van der Waals surface area contributed by atoms with E-state index >= 15 is 0 Å². The van der Waals surface area contributed by atoms with Crippen molar-refractivity contribution in [1.82, 2.24) is 0 Å². The fourth-order valence-corrected chi connectivity index (χ4v) is 3.98. The number of hydrogen-bond acceptors (Lipinski definition) is 3. The van der Waals surface area contributed by atoms with Crippen LogP contribution in [0, 0.1) is 6.92 Å². The van der Waals surface area contributed by atoms with Crippen LogP contribution in [0.25, 0.3) is 0 Å². The van der Waals surface area contributed by atoms with E-state index in [4.69, 9.17) is 5.73 Å². The Balaban J connectivity index is 2.49. The van der Waals surface area contributed by atoms with Gasteiger partial charge in [0.2, 0.25) is 5.91 Å². The Morgan fingerprint density at radius 2 is 2.00 bits per heavy atom. The third kappa shape index (κ3) is 6.29. The Labute approximate surface area is 135 Å². The van der Waals surface area contributed by atoms with E-state index in [1.165, 1.54) is 0 Å². The van der Waals surface area contributed by atoms with Crippen molar-refractivity contribution >= 4 is 55.2 Å². The molecule has 3 N–H and O–H groups in total. The number of nitrogens with one attached hydrogen (secondary N) is 1. The molecule has 0 radical (unpaired) electrons. The van der Waals surface area contributed by atoms with Crippen LogP contribution >= 0.6 is 43.6 Å². The molecule has 1 aromatic rings. The van der Waals surface area contributed by atoms with E-state index in [1.54, 1.807) is 11.8 Å². The minimum Gasteiger partial charge on any atom is -0.328 e. The number of benzene rings is 1. The van der Waals surface area contributed by atoms with E-state index in [1.807, 2.05) is 26.0 Å². The lowest BCUT2D eigenvalue weighted by molar-refractivity contribution is -0.113. The number of nitrogens with two attached hydrogens (primary N) is 1. The van der Waals surface area contributed by atoms with Crippen LogP contribution in [-0.2, 0) is 4.79 Å². The molecule has 6 heteroatoms. The van der Waals surface area contributed by atoms with Gasteiger partial charge < -0.3 is 11.1 Å². The normalized spacial score (nSPS) is 12.3. The Morgan fingerprint density at radius 3 is 2.53 bits per heavy atom. The fourth-order valence-electron chi connectivity index (χ4n) is 1.43. The molecule has 1 unspecified atom stereocenters. The summed E-state index contributed by atoms with van der Waals surface area (Å²) in [7, 11) is 0. The van der Waals surface area contributed by atoms with E-state index in [9.17, 15) is 4.79 Å². The predicted molar refractivity (Wildman–Crippen MR) is 90.8 cm³/mol. The Morgan fingerprint density at radius 1 is 1.42 bits per heavy atom. The zero-order chi connectivity index (χ0) is 14.4. The summed E-state index contributed by atoms with van der Waals surface area (Å²) in [4.78, 5) is 11.8. The van der Waals surface area contributed by atoms with Crippen LogP contribution in [0.5, 0.6) is 0 Å². The highest BCUT2D eigenvalue weighted by Gasteiger charge is 2.10. The van der Waals surface area contributed by atoms with E-state index in [0.29, 0.717) is 5.75 Å². The van der Waals surface area contributed by atoms with Crippen LogP contribution < -0.4 is 11.1 Å². The van der Waals surface area contributed by atoms with Crippen LogP contribution in [0.2, 0.25) is 0 Å². The standard InChI is InChI=1S/C13H18Br2N2OS/c1-8-5-10(14)13(11(15)6-8)17-12(18)7-19-4-3-9(2)16/h5-6,9H,3-4,7,16H2,1-2H3,(H,17,18). The van der Waals surface area contributed by atoms with E-state index in [2.05, 4.69) is 37.2 Å². The van der Waals surface area contributed by atoms with Gasteiger partial charge in [-0.1, -0.05) is 0 Å². The first kappa shape index (κ1) is 17.0. The number of halogens is 2. The number of hydrogen-bond donors (Lipinski definition) is 2. The number of amides is 1. The van der Waals surface area contributed by atoms with Gasteiger partial charge >= 0.3 is 0 Å². The molecule has 0 aliphatic carbocycles. The van der Waals surface area contributed by atoms with E-state index in [-0.39, 0.29) is 11.9 Å². The topological polar surface area (TPSA) is 55.1 Å². The van der Waals surface area contributed by atoms with E-state index < -0.39 is 0 Å². The van der Waals surface area contributed by atoms with Crippen LogP contribution in [0.15, 0.2) is 21.1 Å². The zero-order valence-electron chi connectivity index (χ0n) is 11.0. The Kier molecular flexibility index (Phi) is 7.42. The molecule has 1 amide bonds. The molecule has 0 heterocycles. The average molecular weight is 410 g/mol. The maximum Gasteiger partial charge on any atom is 0.234 e. The van der Waals surface area contributed by atoms with Crippen molar-refractivity contribution in [3.05, 3.63) is 26.6 Å². The highest BCUT2D eigenvalue weighted by Crippen LogP contribution is 2.32. The number of aryl methyl sites for hydroxylation is 1. The van der Waals surface area contributed by atoms with Crippen molar-refractivity contribution in [2.75, 3.05) is 16.8 Å². The van der Waals surface area contributed by atoms with E-state index in [0.717, 1.165) is 32.4 Å². The molecule has 0 saturated carbocycles. The first-order valence-corrected chi connectivity index (χ1v) is 8.73. The highest BCUT2D eigenvalue weighted by atomic mass is 79.9. The summed E-state index contributed by atoms with van der Waals surface area (Å²) in [6, 6.07) is 4.14. The van der Waals surface area contributed by atoms with Crippen molar-refractivity contribution < 1.29 is 4.79 Å². The van der Waals surface area contributed by atoms with Gasteiger partial charge in [-0.2, -0.15) is 11.8 Å². The maximum absolute atomic E-state index is 11.8. The van der Waals surface area contributed by atoms with Crippen LogP contribution in [-0.4, -0.2) is 23.5 Å². The van der Waals surface area contributed by atoms with Gasteiger partial charge in [0.05, 0.1) is 11.4 Å². The molecule has 106 valence electrons. The van der Waals surface area contributed by atoms with Gasteiger partial charge in [0, 0.05) is 15.0 Å². The lowest BCUT2D eigenvalue weighted by Crippen LogP contribution is -2.18. The molecule has 3 nitrogen and oxygen atoms in total. The number of carbonyl (C=O) groups is 1. The lowest BCUT2D eigenvalue weighted by Gasteiger charge is -2.11. The Bertz CT molecular complexity index is 429. The molecule has 0 aromatic heterocycles. The SMILES string of the molecule is Cc1cc(Br)c(NC(=O)CSCCC(C)N)c(Br)c1. The second-order valence-electron chi connectivity index (χ2n) is 4.47. The second-order valence-corrected chi connectivity index (χ2v) is 7.28. The van der Waals surface area contributed by atoms with Gasteiger partial charge in [-0.25, -0.2) is 0 Å². The lowest BCUT2D eigenvalue weighted by atomic mass is 10.2. The minimum absolute atomic E-state index is 0.0000671. The molecular weight excluding hydrogens is 392 g/mol. The molecule has 1 rings (SSSR count). The zero-order valence-corrected chi connectivity index (χ0v) is 15.0. The number of thioether (sulfide) groups is 1.